The van der Waals surface area contributed by atoms with E-state index in [9.17, 15) is 0 Å². The highest BCUT2D eigenvalue weighted by Crippen LogP contribution is 2.55. The summed E-state index contributed by atoms with van der Waals surface area (Å²) >= 11 is 0. The van der Waals surface area contributed by atoms with E-state index >= 15 is 0 Å². The Bertz CT molecular complexity index is 2800. The molecule has 0 N–H and O–H groups in total. The van der Waals surface area contributed by atoms with Crippen molar-refractivity contribution in [3.8, 4) is 0 Å². The van der Waals surface area contributed by atoms with Gasteiger partial charge in [-0.15, -0.1) is 0 Å². The van der Waals surface area contributed by atoms with Gasteiger partial charge in [-0.25, -0.2) is 0 Å². The Hall–Kier alpha value is -4.44. The first-order valence-corrected chi connectivity index (χ1v) is 23.9. The molecule has 4 aromatic carbocycles. The van der Waals surface area contributed by atoms with Gasteiger partial charge in [-0.05, 0) is 178 Å². The van der Waals surface area contributed by atoms with Crippen molar-refractivity contribution in [2.45, 2.75) is 176 Å². The summed E-state index contributed by atoms with van der Waals surface area (Å²) in [7, 11) is 0. The van der Waals surface area contributed by atoms with Gasteiger partial charge in [0, 0.05) is 33.8 Å². The smallest absolute Gasteiger partial charge is 0.293 e. The number of fused-ring (bicyclic) bond motifs is 7. The van der Waals surface area contributed by atoms with E-state index < -0.39 is 0 Å². The average molecular weight is 823 g/mol. The van der Waals surface area contributed by atoms with Crippen LogP contribution in [0, 0.1) is 19.3 Å². The summed E-state index contributed by atoms with van der Waals surface area (Å²) in [5, 5.41) is 1.21. The number of anilines is 5. The first-order valence-electron chi connectivity index (χ1n) is 23.9. The monoisotopic (exact) mass is 823 g/mol. The Morgan fingerprint density at radius 1 is 0.581 bits per heavy atom. The third kappa shape index (κ3) is 6.11. The Morgan fingerprint density at radius 3 is 1.77 bits per heavy atom. The zero-order chi connectivity index (χ0) is 44.4. The Kier molecular flexibility index (Phi) is 8.77. The quantitative estimate of drug-likeness (QED) is 0.165. The molecule has 5 aliphatic rings. The lowest BCUT2D eigenvalue weighted by molar-refractivity contribution is 0.332. The summed E-state index contributed by atoms with van der Waals surface area (Å²) in [6.07, 6.45) is 9.42. The third-order valence-electron chi connectivity index (χ3n) is 16.5. The molecule has 4 heteroatoms. The van der Waals surface area contributed by atoms with Crippen molar-refractivity contribution >= 4 is 57.2 Å². The van der Waals surface area contributed by atoms with Crippen molar-refractivity contribution in [2.75, 3.05) is 9.80 Å². The number of hydrogen-bond acceptors (Lipinski definition) is 3. The van der Waals surface area contributed by atoms with Crippen molar-refractivity contribution in [1.29, 1.82) is 0 Å². The lowest BCUT2D eigenvalue weighted by Gasteiger charge is -2.47. The molecular formula is C58H71BN2O. The number of nitrogens with zero attached hydrogens (tertiary/aromatic N) is 2. The molecule has 3 aliphatic carbocycles. The summed E-state index contributed by atoms with van der Waals surface area (Å²) in [5.41, 5.74) is 24.6. The van der Waals surface area contributed by atoms with Crippen LogP contribution in [-0.2, 0) is 27.1 Å². The number of rotatable bonds is 2. The fourth-order valence-electron chi connectivity index (χ4n) is 12.1. The molecule has 62 heavy (non-hydrogen) atoms. The molecule has 0 fully saturated rings. The van der Waals surface area contributed by atoms with Crippen LogP contribution in [0.3, 0.4) is 0 Å². The van der Waals surface area contributed by atoms with Crippen LogP contribution in [-0.4, -0.2) is 6.71 Å². The summed E-state index contributed by atoms with van der Waals surface area (Å²) in [5.74, 6) is 0. The second kappa shape index (κ2) is 13.1. The minimum Gasteiger partial charge on any atom is -0.468 e. The van der Waals surface area contributed by atoms with Crippen LogP contribution in [0.25, 0.3) is 11.0 Å². The second-order valence-electron chi connectivity index (χ2n) is 24.9. The van der Waals surface area contributed by atoms with Gasteiger partial charge in [0.2, 0.25) is 0 Å². The van der Waals surface area contributed by atoms with Crippen molar-refractivity contribution in [2.24, 2.45) is 5.41 Å². The largest absolute Gasteiger partial charge is 0.468 e. The van der Waals surface area contributed by atoms with Gasteiger partial charge in [0.15, 0.2) is 0 Å². The van der Waals surface area contributed by atoms with Gasteiger partial charge >= 0.3 is 0 Å². The zero-order valence-corrected chi connectivity index (χ0v) is 41.0. The van der Waals surface area contributed by atoms with Crippen LogP contribution in [0.2, 0.25) is 0 Å². The normalized spacial score (nSPS) is 20.6. The van der Waals surface area contributed by atoms with Crippen LogP contribution in [0.4, 0.5) is 28.4 Å². The van der Waals surface area contributed by atoms with E-state index in [-0.39, 0.29) is 39.2 Å². The fraction of sp³-hybridized carbons (Fsp3) is 0.483. The van der Waals surface area contributed by atoms with Gasteiger partial charge in [0.1, 0.15) is 5.58 Å². The lowest BCUT2D eigenvalue weighted by Crippen LogP contribution is -2.56. The molecule has 0 saturated heterocycles. The lowest BCUT2D eigenvalue weighted by atomic mass is 9.34. The van der Waals surface area contributed by atoms with Crippen LogP contribution in [0.15, 0.2) is 87.9 Å². The number of aryl methyl sites for hydroxylation is 2. The Morgan fingerprint density at radius 2 is 1.16 bits per heavy atom. The van der Waals surface area contributed by atoms with Gasteiger partial charge in [-0.3, -0.25) is 0 Å². The second-order valence-corrected chi connectivity index (χ2v) is 24.9. The van der Waals surface area contributed by atoms with Gasteiger partial charge in [0.05, 0.1) is 11.3 Å². The predicted octanol–water partition coefficient (Wildman–Crippen LogP) is 15.1. The van der Waals surface area contributed by atoms with E-state index in [0.29, 0.717) is 0 Å². The molecule has 0 unspecified atom stereocenters. The first-order chi connectivity index (χ1) is 28.8. The molecule has 0 radical (unpaired) electrons. The van der Waals surface area contributed by atoms with Crippen LogP contribution >= 0.6 is 0 Å². The number of benzene rings is 4. The van der Waals surface area contributed by atoms with E-state index in [4.69, 9.17) is 4.42 Å². The van der Waals surface area contributed by atoms with Crippen LogP contribution in [0.1, 0.15) is 174 Å². The van der Waals surface area contributed by atoms with Crippen molar-refractivity contribution in [1.82, 2.24) is 0 Å². The fourth-order valence-corrected chi connectivity index (χ4v) is 12.1. The first kappa shape index (κ1) is 41.6. The van der Waals surface area contributed by atoms with Crippen LogP contribution < -0.4 is 20.9 Å². The highest BCUT2D eigenvalue weighted by Gasteiger charge is 2.50. The third-order valence-corrected chi connectivity index (χ3v) is 16.5. The molecule has 322 valence electrons. The molecular weight excluding hydrogens is 751 g/mol. The summed E-state index contributed by atoms with van der Waals surface area (Å²) < 4.78 is 7.39. The Balaban J connectivity index is 1.32. The molecule has 10 rings (SSSR count). The van der Waals surface area contributed by atoms with Crippen molar-refractivity contribution in [3.05, 3.63) is 122 Å². The molecule has 0 amide bonds. The van der Waals surface area contributed by atoms with E-state index in [2.05, 4.69) is 187 Å². The molecule has 0 saturated carbocycles. The molecule has 0 bridgehead atoms. The standard InChI is InChI=1S/C58H71BN2O/c1-34-27-47-50-48(28-34)61(45-33-43-41(29-35(45)2)56(11,12)25-26-58(43,15)16)46-31-37(54(6,7)8)17-21-44(46)59(50)52-51(39-30-36(53(3,4)5)18-22-49(39)62-52)60(47)38-19-20-40-42(32-38)57(13,14)24-23-55(40,9)10/h18-20,22,27-33H,17,21,23-26H2,1-16H3. The number of allylic oxidation sites excluding steroid dienone is 3. The number of hydrogen-bond donors (Lipinski definition) is 0. The predicted molar refractivity (Wildman–Crippen MR) is 267 cm³/mol. The van der Waals surface area contributed by atoms with Gasteiger partial charge in [-0.2, -0.15) is 0 Å². The molecule has 3 nitrogen and oxygen atoms in total. The molecule has 2 aliphatic heterocycles. The summed E-state index contributed by atoms with van der Waals surface area (Å²) in [6.45, 7) is 38.5. The molecule has 0 spiro atoms. The summed E-state index contributed by atoms with van der Waals surface area (Å²) in [4.78, 5) is 5.33. The summed E-state index contributed by atoms with van der Waals surface area (Å²) in [6, 6.07) is 24.6. The topological polar surface area (TPSA) is 19.6 Å². The SMILES string of the molecule is Cc1cc2c3c(c1)N(c1ccc4c(c1)C(C)(C)CCC4(C)C)c1c(oc4ccc(C(C)(C)C)cc14)B3C1=C(C=C(C(C)(C)C)CC1)N2c1cc2c(cc1C)C(C)(C)CCC2(C)C. The van der Waals surface area contributed by atoms with E-state index in [1.165, 1.54) is 121 Å². The highest BCUT2D eigenvalue weighted by atomic mass is 16.3. The van der Waals surface area contributed by atoms with Crippen LogP contribution in [0.5, 0.6) is 0 Å². The highest BCUT2D eigenvalue weighted by molar-refractivity contribution is 6.94. The molecule has 3 heterocycles. The maximum Gasteiger partial charge on any atom is 0.293 e. The van der Waals surface area contributed by atoms with Crippen molar-refractivity contribution in [3.63, 3.8) is 0 Å². The van der Waals surface area contributed by atoms with E-state index in [0.717, 1.165) is 24.1 Å². The molecule has 0 atom stereocenters. The minimum absolute atomic E-state index is 0.00247. The minimum atomic E-state index is -0.00396. The number of furan rings is 1. The van der Waals surface area contributed by atoms with Crippen molar-refractivity contribution < 1.29 is 4.42 Å². The van der Waals surface area contributed by atoms with E-state index in [1.807, 2.05) is 0 Å². The van der Waals surface area contributed by atoms with Gasteiger partial charge < -0.3 is 14.2 Å². The zero-order valence-electron chi connectivity index (χ0n) is 41.0. The molecule has 1 aromatic heterocycles. The molecule has 5 aromatic rings. The van der Waals surface area contributed by atoms with Gasteiger partial charge in [-0.1, -0.05) is 126 Å². The maximum atomic E-state index is 7.39. The average Bonchev–Trinajstić information content (AvgIpc) is 3.56. The van der Waals surface area contributed by atoms with E-state index in [1.54, 1.807) is 0 Å². The Labute approximate surface area is 374 Å². The maximum absolute atomic E-state index is 7.39. The van der Waals surface area contributed by atoms with Gasteiger partial charge in [0.25, 0.3) is 6.71 Å².